The van der Waals surface area contributed by atoms with Crippen LogP contribution in [0.1, 0.15) is 18.2 Å². The summed E-state index contributed by atoms with van der Waals surface area (Å²) in [5.41, 5.74) is 2.17. The molecule has 0 saturated carbocycles. The Hall–Kier alpha value is -3.38. The Morgan fingerprint density at radius 3 is 2.59 bits per heavy atom. The topological polar surface area (TPSA) is 47.4 Å². The van der Waals surface area contributed by atoms with E-state index < -0.39 is 5.82 Å². The zero-order valence-electron chi connectivity index (χ0n) is 17.2. The highest BCUT2D eigenvalue weighted by Crippen LogP contribution is 2.34. The van der Waals surface area contributed by atoms with Crippen molar-refractivity contribution in [3.8, 4) is 5.75 Å². The second-order valence-electron chi connectivity index (χ2n) is 7.77. The van der Waals surface area contributed by atoms with Crippen molar-refractivity contribution in [3.63, 3.8) is 0 Å². The summed E-state index contributed by atoms with van der Waals surface area (Å²) in [5, 5.41) is 0.658. The molecule has 32 heavy (non-hydrogen) atoms. The lowest BCUT2D eigenvalue weighted by Gasteiger charge is -2.18. The first-order valence-electron chi connectivity index (χ1n) is 10.5. The molecular formula is C25H21ClFN3O2. The van der Waals surface area contributed by atoms with Crippen molar-refractivity contribution in [1.29, 1.82) is 0 Å². The van der Waals surface area contributed by atoms with E-state index in [0.717, 1.165) is 22.6 Å². The van der Waals surface area contributed by atoms with E-state index >= 15 is 0 Å². The number of carbonyl (C=O) groups is 1. The van der Waals surface area contributed by atoms with Gasteiger partial charge in [-0.2, -0.15) is 0 Å². The van der Waals surface area contributed by atoms with Gasteiger partial charge in [-0.05, 0) is 48.5 Å². The van der Waals surface area contributed by atoms with Crippen molar-refractivity contribution in [2.24, 2.45) is 0 Å². The molecular weight excluding hydrogens is 429 g/mol. The number of para-hydroxylation sites is 3. The van der Waals surface area contributed by atoms with Crippen LogP contribution in [0, 0.1) is 5.82 Å². The number of carbonyl (C=O) groups excluding carboxylic acids is 1. The lowest BCUT2D eigenvalue weighted by Crippen LogP contribution is -2.25. The first-order chi connectivity index (χ1) is 15.6. The Morgan fingerprint density at radius 2 is 1.78 bits per heavy atom. The minimum Gasteiger partial charge on any atom is -0.492 e. The van der Waals surface area contributed by atoms with Gasteiger partial charge in [-0.1, -0.05) is 35.9 Å². The monoisotopic (exact) mass is 449 g/mol. The number of imidazole rings is 1. The number of fused-ring (bicyclic) bond motifs is 1. The molecule has 5 nitrogen and oxygen atoms in total. The van der Waals surface area contributed by atoms with Crippen LogP contribution in [-0.2, 0) is 11.3 Å². The Bertz CT molecular complexity index is 1270. The van der Waals surface area contributed by atoms with Crippen LogP contribution < -0.4 is 9.64 Å². The molecule has 1 fully saturated rings. The van der Waals surface area contributed by atoms with Crippen LogP contribution in [0.15, 0.2) is 72.8 Å². The van der Waals surface area contributed by atoms with E-state index in [1.807, 2.05) is 36.4 Å². The van der Waals surface area contributed by atoms with Crippen LogP contribution in [0.4, 0.5) is 10.1 Å². The zero-order valence-corrected chi connectivity index (χ0v) is 18.0. The Kier molecular flexibility index (Phi) is 5.53. The maximum atomic E-state index is 14.3. The van der Waals surface area contributed by atoms with E-state index in [1.165, 1.54) is 11.0 Å². The molecule has 0 radical (unpaired) electrons. The fraction of sp³-hybridized carbons (Fsp3) is 0.200. The number of halogens is 2. The molecule has 5 rings (SSSR count). The van der Waals surface area contributed by atoms with E-state index in [1.54, 1.807) is 30.3 Å². The largest absolute Gasteiger partial charge is 0.492 e. The molecule has 4 aromatic rings. The highest BCUT2D eigenvalue weighted by Gasteiger charge is 2.35. The average molecular weight is 450 g/mol. The molecule has 162 valence electrons. The van der Waals surface area contributed by atoms with Gasteiger partial charge in [0.25, 0.3) is 0 Å². The van der Waals surface area contributed by atoms with Crippen LogP contribution >= 0.6 is 11.6 Å². The van der Waals surface area contributed by atoms with E-state index in [4.69, 9.17) is 21.3 Å². The Labute approximate surface area is 190 Å². The van der Waals surface area contributed by atoms with Crippen LogP contribution in [0.25, 0.3) is 11.0 Å². The summed E-state index contributed by atoms with van der Waals surface area (Å²) in [6, 6.07) is 21.5. The van der Waals surface area contributed by atoms with Gasteiger partial charge in [0.15, 0.2) is 0 Å². The normalized spacial score (nSPS) is 16.1. The summed E-state index contributed by atoms with van der Waals surface area (Å²) >= 11 is 5.94. The number of ether oxygens (including phenoxy) is 1. The van der Waals surface area contributed by atoms with E-state index in [0.29, 0.717) is 30.4 Å². The minimum absolute atomic E-state index is 0.101. The number of hydrogen-bond donors (Lipinski definition) is 0. The standard InChI is InChI=1S/C25H21ClFN3O2/c26-18-9-11-19(12-10-18)32-14-13-29-23-8-4-2-6-21(23)28-25(29)17-15-24(31)30(16-17)22-7-3-1-5-20(22)27/h1-12,17H,13-16H2/t17-/m0/s1. The lowest BCUT2D eigenvalue weighted by atomic mass is 10.1. The van der Waals surface area contributed by atoms with E-state index in [-0.39, 0.29) is 18.2 Å². The fourth-order valence-electron chi connectivity index (χ4n) is 4.21. The van der Waals surface area contributed by atoms with Crippen molar-refractivity contribution in [2.45, 2.75) is 18.9 Å². The van der Waals surface area contributed by atoms with Crippen LogP contribution in [0.5, 0.6) is 5.75 Å². The zero-order chi connectivity index (χ0) is 22.1. The van der Waals surface area contributed by atoms with Crippen molar-refractivity contribution in [2.75, 3.05) is 18.1 Å². The molecule has 0 spiro atoms. The van der Waals surface area contributed by atoms with Crippen LogP contribution in [0.2, 0.25) is 5.02 Å². The molecule has 2 heterocycles. The van der Waals surface area contributed by atoms with Gasteiger partial charge in [0.05, 0.1) is 23.3 Å². The minimum atomic E-state index is -0.397. The van der Waals surface area contributed by atoms with E-state index in [2.05, 4.69) is 4.57 Å². The number of hydrogen-bond acceptors (Lipinski definition) is 3. The van der Waals surface area contributed by atoms with Crippen molar-refractivity contribution in [3.05, 3.63) is 89.5 Å². The molecule has 0 bridgehead atoms. The summed E-state index contributed by atoms with van der Waals surface area (Å²) < 4.78 is 22.3. The van der Waals surface area contributed by atoms with Gasteiger partial charge < -0.3 is 14.2 Å². The summed E-state index contributed by atoms with van der Waals surface area (Å²) in [4.78, 5) is 19.1. The molecule has 1 atom stereocenters. The lowest BCUT2D eigenvalue weighted by molar-refractivity contribution is -0.117. The smallest absolute Gasteiger partial charge is 0.227 e. The number of anilines is 1. The summed E-state index contributed by atoms with van der Waals surface area (Å²) in [5.74, 6) is 0.924. The number of rotatable bonds is 6. The molecule has 0 aliphatic carbocycles. The summed E-state index contributed by atoms with van der Waals surface area (Å²) in [6.45, 7) is 1.40. The molecule has 1 aliphatic heterocycles. The third kappa shape index (κ3) is 3.94. The van der Waals surface area contributed by atoms with Gasteiger partial charge in [-0.3, -0.25) is 4.79 Å². The third-order valence-corrected chi connectivity index (χ3v) is 5.97. The highest BCUT2D eigenvalue weighted by molar-refractivity contribution is 6.30. The molecule has 1 aromatic heterocycles. The van der Waals surface area contributed by atoms with Crippen LogP contribution in [-0.4, -0.2) is 28.6 Å². The quantitative estimate of drug-likeness (QED) is 0.394. The number of amides is 1. The molecule has 7 heteroatoms. The van der Waals surface area contributed by atoms with E-state index in [9.17, 15) is 9.18 Å². The first-order valence-corrected chi connectivity index (χ1v) is 10.9. The van der Waals surface area contributed by atoms with Gasteiger partial charge in [0, 0.05) is 23.9 Å². The molecule has 1 aliphatic rings. The van der Waals surface area contributed by atoms with Crippen molar-refractivity contribution < 1.29 is 13.9 Å². The molecule has 1 saturated heterocycles. The maximum absolute atomic E-state index is 14.3. The van der Waals surface area contributed by atoms with Crippen LogP contribution in [0.3, 0.4) is 0 Å². The van der Waals surface area contributed by atoms with Crippen molar-refractivity contribution in [1.82, 2.24) is 9.55 Å². The maximum Gasteiger partial charge on any atom is 0.227 e. The number of aromatic nitrogens is 2. The van der Waals surface area contributed by atoms with Gasteiger partial charge in [0.2, 0.25) is 5.91 Å². The number of nitrogens with zero attached hydrogens (tertiary/aromatic N) is 3. The Balaban J connectivity index is 1.41. The second-order valence-corrected chi connectivity index (χ2v) is 8.21. The Morgan fingerprint density at radius 1 is 1.03 bits per heavy atom. The summed E-state index contributed by atoms with van der Waals surface area (Å²) in [7, 11) is 0. The molecule has 0 unspecified atom stereocenters. The molecule has 0 N–H and O–H groups in total. The van der Waals surface area contributed by atoms with Gasteiger partial charge in [-0.15, -0.1) is 0 Å². The predicted molar refractivity (Wildman–Crippen MR) is 123 cm³/mol. The second kappa shape index (κ2) is 8.63. The highest BCUT2D eigenvalue weighted by atomic mass is 35.5. The summed E-state index contributed by atoms with van der Waals surface area (Å²) in [6.07, 6.45) is 0.287. The van der Waals surface area contributed by atoms with Gasteiger partial charge >= 0.3 is 0 Å². The predicted octanol–water partition coefficient (Wildman–Crippen LogP) is 5.43. The first kappa shape index (κ1) is 20.5. The SMILES string of the molecule is O=C1C[C@H](c2nc3ccccc3n2CCOc2ccc(Cl)cc2)CN1c1ccccc1F. The fourth-order valence-corrected chi connectivity index (χ4v) is 4.34. The number of benzene rings is 3. The third-order valence-electron chi connectivity index (χ3n) is 5.71. The molecule has 1 amide bonds. The van der Waals surface area contributed by atoms with Crippen molar-refractivity contribution >= 4 is 34.2 Å². The molecule has 3 aromatic carbocycles. The average Bonchev–Trinajstić information content (AvgIpc) is 3.36. The van der Waals surface area contributed by atoms with Gasteiger partial charge in [-0.25, -0.2) is 9.37 Å². The van der Waals surface area contributed by atoms with Gasteiger partial charge in [0.1, 0.15) is 24.0 Å².